The number of hydrogen-bond donors (Lipinski definition) is 2. The predicted molar refractivity (Wildman–Crippen MR) is 137 cm³/mol. The highest BCUT2D eigenvalue weighted by atomic mass is 35.5. The summed E-state index contributed by atoms with van der Waals surface area (Å²) in [5, 5.41) is 14.2. The van der Waals surface area contributed by atoms with Crippen LogP contribution in [-0.4, -0.2) is 28.5 Å². The third-order valence-corrected chi connectivity index (χ3v) is 6.65. The molecule has 4 rings (SSSR count). The Morgan fingerprint density at radius 3 is 2.15 bits per heavy atom. The number of ketones is 1. The first-order chi connectivity index (χ1) is 16.3. The third kappa shape index (κ3) is 5.25. The van der Waals surface area contributed by atoms with Crippen LogP contribution in [0, 0.1) is 0 Å². The maximum absolute atomic E-state index is 12.9. The summed E-state index contributed by atoms with van der Waals surface area (Å²) in [6.07, 6.45) is 0. The maximum Gasteiger partial charge on any atom is 0.336 e. The molecule has 0 bridgehead atoms. The fraction of sp³-hybridized carbons (Fsp3) is 0.0385. The fourth-order valence-electron chi connectivity index (χ4n) is 3.48. The van der Waals surface area contributed by atoms with E-state index in [0.29, 0.717) is 32.1 Å². The van der Waals surface area contributed by atoms with Crippen LogP contribution in [0.1, 0.15) is 31.1 Å². The fourth-order valence-corrected chi connectivity index (χ4v) is 4.78. The molecule has 0 saturated carbocycles. The van der Waals surface area contributed by atoms with Crippen molar-refractivity contribution >= 4 is 69.1 Å². The number of benzene rings is 4. The average Bonchev–Trinajstić information content (AvgIpc) is 2.82. The Kier molecular flexibility index (Phi) is 7.22. The number of carbonyl (C=O) groups excluding carboxylic acids is 2. The van der Waals surface area contributed by atoms with Crippen molar-refractivity contribution in [2.45, 2.75) is 4.90 Å². The van der Waals surface area contributed by atoms with E-state index in [1.807, 2.05) is 0 Å². The van der Waals surface area contributed by atoms with Crippen molar-refractivity contribution in [3.05, 3.63) is 106 Å². The number of thioether (sulfide) groups is 1. The molecule has 1 amide bonds. The Hall–Kier alpha value is -3.32. The highest BCUT2D eigenvalue weighted by Gasteiger charge is 2.17. The molecule has 0 fully saturated rings. The summed E-state index contributed by atoms with van der Waals surface area (Å²) in [4.78, 5) is 37.9. The van der Waals surface area contributed by atoms with Gasteiger partial charge in [-0.15, -0.1) is 11.8 Å². The summed E-state index contributed by atoms with van der Waals surface area (Å²) in [7, 11) is 0. The molecule has 4 aromatic rings. The Bertz CT molecular complexity index is 1420. The predicted octanol–water partition coefficient (Wildman–Crippen LogP) is 7.07. The van der Waals surface area contributed by atoms with E-state index in [1.165, 1.54) is 23.9 Å². The molecule has 0 aliphatic carbocycles. The molecule has 0 radical (unpaired) electrons. The minimum absolute atomic E-state index is 0.0699. The number of aromatic carboxylic acids is 1. The van der Waals surface area contributed by atoms with E-state index in [0.717, 1.165) is 4.90 Å². The molecule has 170 valence electrons. The third-order valence-electron chi connectivity index (χ3n) is 5.09. The van der Waals surface area contributed by atoms with Gasteiger partial charge in [0.05, 0.1) is 16.3 Å². The summed E-state index contributed by atoms with van der Waals surface area (Å²) < 4.78 is 0. The van der Waals surface area contributed by atoms with Crippen LogP contribution in [0.25, 0.3) is 10.8 Å². The highest BCUT2D eigenvalue weighted by molar-refractivity contribution is 8.00. The molecule has 8 heteroatoms. The number of rotatable bonds is 7. The number of carboxylic acids is 1. The number of nitrogens with one attached hydrogen (secondary N) is 1. The van der Waals surface area contributed by atoms with Crippen LogP contribution in [0.5, 0.6) is 0 Å². The molecule has 0 spiro atoms. The lowest BCUT2D eigenvalue weighted by Gasteiger charge is -2.11. The number of amides is 1. The number of anilines is 1. The van der Waals surface area contributed by atoms with E-state index in [2.05, 4.69) is 5.32 Å². The van der Waals surface area contributed by atoms with Crippen molar-refractivity contribution in [2.24, 2.45) is 0 Å². The van der Waals surface area contributed by atoms with E-state index in [9.17, 15) is 19.5 Å². The van der Waals surface area contributed by atoms with Crippen molar-refractivity contribution in [3.8, 4) is 0 Å². The van der Waals surface area contributed by atoms with E-state index >= 15 is 0 Å². The van der Waals surface area contributed by atoms with Crippen LogP contribution in [0.15, 0.2) is 83.8 Å². The topological polar surface area (TPSA) is 83.5 Å². The smallest absolute Gasteiger partial charge is 0.336 e. The quantitative estimate of drug-likeness (QED) is 0.205. The van der Waals surface area contributed by atoms with Gasteiger partial charge in [0, 0.05) is 32.1 Å². The molecular weight excluding hydrogens is 493 g/mol. The molecule has 0 saturated heterocycles. The molecule has 0 aromatic heterocycles. The lowest BCUT2D eigenvalue weighted by molar-refractivity contribution is 0.0698. The molecule has 4 aromatic carbocycles. The van der Waals surface area contributed by atoms with Gasteiger partial charge in [0.25, 0.3) is 5.91 Å². The van der Waals surface area contributed by atoms with Crippen molar-refractivity contribution in [3.63, 3.8) is 0 Å². The molecule has 0 aliphatic heterocycles. The van der Waals surface area contributed by atoms with Crippen LogP contribution >= 0.6 is 35.0 Å². The number of carboxylic acid groups (broad SMARTS) is 1. The van der Waals surface area contributed by atoms with Crippen LogP contribution in [0.4, 0.5) is 5.69 Å². The molecule has 0 atom stereocenters. The van der Waals surface area contributed by atoms with Gasteiger partial charge in [0.1, 0.15) is 0 Å². The summed E-state index contributed by atoms with van der Waals surface area (Å²) >= 11 is 13.3. The van der Waals surface area contributed by atoms with E-state index in [1.54, 1.807) is 66.7 Å². The minimum Gasteiger partial charge on any atom is -0.478 e. The van der Waals surface area contributed by atoms with Crippen molar-refractivity contribution in [1.82, 2.24) is 0 Å². The Morgan fingerprint density at radius 2 is 1.50 bits per heavy atom. The monoisotopic (exact) mass is 509 g/mol. The Balaban J connectivity index is 1.46. The Morgan fingerprint density at radius 1 is 0.824 bits per heavy atom. The molecule has 2 N–H and O–H groups in total. The maximum atomic E-state index is 12.9. The first-order valence-corrected chi connectivity index (χ1v) is 11.8. The average molecular weight is 510 g/mol. The van der Waals surface area contributed by atoms with Crippen molar-refractivity contribution < 1.29 is 19.5 Å². The Labute approximate surface area is 209 Å². The van der Waals surface area contributed by atoms with Gasteiger partial charge in [-0.25, -0.2) is 4.79 Å². The number of fused-ring (bicyclic) bond motifs is 1. The van der Waals surface area contributed by atoms with Gasteiger partial charge in [-0.05, 0) is 60.0 Å². The molecular formula is C26H17Cl2NO4S. The zero-order chi connectivity index (χ0) is 24.2. The lowest BCUT2D eigenvalue weighted by atomic mass is 9.98. The number of Topliss-reactive ketones (excluding diaryl/α,β-unsaturated/α-hetero) is 1. The van der Waals surface area contributed by atoms with Crippen molar-refractivity contribution in [2.75, 3.05) is 11.1 Å². The van der Waals surface area contributed by atoms with E-state index < -0.39 is 11.9 Å². The second kappa shape index (κ2) is 10.3. The lowest BCUT2D eigenvalue weighted by Crippen LogP contribution is -2.13. The first kappa shape index (κ1) is 23.8. The summed E-state index contributed by atoms with van der Waals surface area (Å²) in [5.41, 5.74) is 1.31. The van der Waals surface area contributed by atoms with Gasteiger partial charge < -0.3 is 10.4 Å². The van der Waals surface area contributed by atoms with Gasteiger partial charge >= 0.3 is 5.97 Å². The van der Waals surface area contributed by atoms with E-state index in [4.69, 9.17) is 23.2 Å². The SMILES string of the molecule is O=C(CSc1ccc(NC(=O)c2cccc3cccc(C(=O)O)c23)cc1)c1ccc(Cl)cc1Cl. The van der Waals surface area contributed by atoms with Gasteiger partial charge in [-0.3, -0.25) is 9.59 Å². The normalized spacial score (nSPS) is 10.8. The molecule has 0 heterocycles. The van der Waals surface area contributed by atoms with Crippen LogP contribution < -0.4 is 5.32 Å². The van der Waals surface area contributed by atoms with E-state index in [-0.39, 0.29) is 22.7 Å². The molecule has 5 nitrogen and oxygen atoms in total. The van der Waals surface area contributed by atoms with Crippen LogP contribution in [0.3, 0.4) is 0 Å². The van der Waals surface area contributed by atoms with Gasteiger partial charge in [0.15, 0.2) is 5.78 Å². The molecule has 34 heavy (non-hydrogen) atoms. The van der Waals surface area contributed by atoms with Crippen molar-refractivity contribution in [1.29, 1.82) is 0 Å². The standard InChI is InChI=1S/C26H17Cl2NO4S/c27-16-7-12-19(22(28)13-16)23(30)14-34-18-10-8-17(9-11-18)29-25(31)20-5-1-3-15-4-2-6-21(24(15)20)26(32)33/h1-13H,14H2,(H,29,31)(H,32,33). The largest absolute Gasteiger partial charge is 0.478 e. The van der Waals surface area contributed by atoms with Gasteiger partial charge in [-0.2, -0.15) is 0 Å². The first-order valence-electron chi connectivity index (χ1n) is 10.1. The second-order valence-electron chi connectivity index (χ2n) is 7.33. The van der Waals surface area contributed by atoms with Crippen LogP contribution in [-0.2, 0) is 0 Å². The van der Waals surface area contributed by atoms with Gasteiger partial charge in [0.2, 0.25) is 0 Å². The summed E-state index contributed by atoms with van der Waals surface area (Å²) in [5.74, 6) is -1.43. The zero-order valence-electron chi connectivity index (χ0n) is 17.5. The highest BCUT2D eigenvalue weighted by Crippen LogP contribution is 2.27. The summed E-state index contributed by atoms with van der Waals surface area (Å²) in [6.45, 7) is 0. The minimum atomic E-state index is -1.10. The zero-order valence-corrected chi connectivity index (χ0v) is 19.9. The second-order valence-corrected chi connectivity index (χ2v) is 9.22. The number of carbonyl (C=O) groups is 3. The van der Waals surface area contributed by atoms with Gasteiger partial charge in [-0.1, -0.05) is 47.5 Å². The molecule has 0 unspecified atom stereocenters. The number of hydrogen-bond acceptors (Lipinski definition) is 4. The summed E-state index contributed by atoms with van der Waals surface area (Å²) in [6, 6.07) is 21.8. The van der Waals surface area contributed by atoms with Crippen LogP contribution in [0.2, 0.25) is 10.0 Å². The number of halogens is 2. The molecule has 0 aliphatic rings.